The van der Waals surface area contributed by atoms with Crippen molar-refractivity contribution in [2.24, 2.45) is 0 Å². The second-order valence-corrected chi connectivity index (χ2v) is 4.73. The van der Waals surface area contributed by atoms with E-state index in [4.69, 9.17) is 9.47 Å². The van der Waals surface area contributed by atoms with E-state index in [1.54, 1.807) is 18.2 Å². The SMILES string of the molecule is CCOc1cc(-c2cc[n+]([O-])cc2)sc1C(=O)OC. The van der Waals surface area contributed by atoms with Crippen LogP contribution in [0.1, 0.15) is 16.6 Å². The zero-order valence-corrected chi connectivity index (χ0v) is 11.4. The average molecular weight is 279 g/mol. The van der Waals surface area contributed by atoms with Crippen molar-refractivity contribution in [3.63, 3.8) is 0 Å². The largest absolute Gasteiger partial charge is 0.619 e. The van der Waals surface area contributed by atoms with Crippen molar-refractivity contribution in [3.8, 4) is 16.2 Å². The maximum atomic E-state index is 11.7. The van der Waals surface area contributed by atoms with Gasteiger partial charge in [-0.3, -0.25) is 0 Å². The van der Waals surface area contributed by atoms with Gasteiger partial charge in [-0.25, -0.2) is 4.79 Å². The number of hydrogen-bond donors (Lipinski definition) is 0. The van der Waals surface area contributed by atoms with Crippen LogP contribution in [-0.4, -0.2) is 19.7 Å². The van der Waals surface area contributed by atoms with Crippen molar-refractivity contribution in [1.29, 1.82) is 0 Å². The van der Waals surface area contributed by atoms with Crippen LogP contribution >= 0.6 is 11.3 Å². The van der Waals surface area contributed by atoms with Gasteiger partial charge in [0.15, 0.2) is 17.3 Å². The summed E-state index contributed by atoms with van der Waals surface area (Å²) in [5.74, 6) is 0.0859. The average Bonchev–Trinajstić information content (AvgIpc) is 2.83. The third kappa shape index (κ3) is 2.85. The Hall–Kier alpha value is -2.08. The van der Waals surface area contributed by atoms with Gasteiger partial charge in [0.2, 0.25) is 0 Å². The Morgan fingerprint density at radius 1 is 1.42 bits per heavy atom. The summed E-state index contributed by atoms with van der Waals surface area (Å²) in [4.78, 5) is 12.9. The fourth-order valence-electron chi connectivity index (χ4n) is 1.59. The van der Waals surface area contributed by atoms with E-state index in [1.165, 1.54) is 30.8 Å². The second-order valence-electron chi connectivity index (χ2n) is 3.68. The molecule has 0 aliphatic rings. The first-order chi connectivity index (χ1) is 9.15. The van der Waals surface area contributed by atoms with E-state index < -0.39 is 5.97 Å². The number of ether oxygens (including phenoxy) is 2. The number of methoxy groups -OCH3 is 1. The molecule has 0 N–H and O–H groups in total. The lowest BCUT2D eigenvalue weighted by atomic mass is 10.2. The molecule has 0 aliphatic carbocycles. The molecule has 0 spiro atoms. The molecule has 2 aromatic heterocycles. The van der Waals surface area contributed by atoms with Gasteiger partial charge in [0.1, 0.15) is 5.75 Å². The Balaban J connectivity index is 2.41. The van der Waals surface area contributed by atoms with Crippen LogP contribution in [0.15, 0.2) is 30.6 Å². The summed E-state index contributed by atoms with van der Waals surface area (Å²) >= 11 is 1.28. The standard InChI is InChI=1S/C13H13NO4S/c1-3-18-10-8-11(19-12(10)13(15)17-2)9-4-6-14(16)7-5-9/h4-8H,3H2,1-2H3. The molecule has 0 unspecified atom stereocenters. The van der Waals surface area contributed by atoms with Gasteiger partial charge in [0.05, 0.1) is 13.7 Å². The molecule has 100 valence electrons. The maximum absolute atomic E-state index is 11.7. The summed E-state index contributed by atoms with van der Waals surface area (Å²) in [6.45, 7) is 2.32. The fourth-order valence-corrected chi connectivity index (χ4v) is 2.62. The second kappa shape index (κ2) is 5.71. The van der Waals surface area contributed by atoms with E-state index in [9.17, 15) is 10.0 Å². The fraction of sp³-hybridized carbons (Fsp3) is 0.231. The predicted molar refractivity (Wildman–Crippen MR) is 71.2 cm³/mol. The number of rotatable bonds is 4. The first kappa shape index (κ1) is 13.4. The van der Waals surface area contributed by atoms with Crippen molar-refractivity contribution in [2.45, 2.75) is 6.92 Å². The van der Waals surface area contributed by atoms with E-state index in [-0.39, 0.29) is 0 Å². The first-order valence-corrected chi connectivity index (χ1v) is 6.51. The lowest BCUT2D eigenvalue weighted by Gasteiger charge is -2.01. The van der Waals surface area contributed by atoms with Crippen molar-refractivity contribution in [1.82, 2.24) is 0 Å². The molecule has 6 heteroatoms. The molecule has 0 aliphatic heterocycles. The van der Waals surface area contributed by atoms with Gasteiger partial charge in [0.25, 0.3) is 0 Å². The van der Waals surface area contributed by atoms with E-state index >= 15 is 0 Å². The van der Waals surface area contributed by atoms with Crippen LogP contribution in [0.25, 0.3) is 10.4 Å². The minimum Gasteiger partial charge on any atom is -0.619 e. The number of pyridine rings is 1. The molecule has 2 aromatic rings. The molecule has 2 heterocycles. The van der Waals surface area contributed by atoms with Crippen LogP contribution in [-0.2, 0) is 4.74 Å². The number of carbonyl (C=O) groups is 1. The van der Waals surface area contributed by atoms with Gasteiger partial charge in [-0.2, -0.15) is 4.73 Å². The third-order valence-corrected chi connectivity index (χ3v) is 3.60. The van der Waals surface area contributed by atoms with Gasteiger partial charge < -0.3 is 14.7 Å². The quantitative estimate of drug-likeness (QED) is 0.489. The maximum Gasteiger partial charge on any atom is 0.351 e. The molecule has 2 rings (SSSR count). The van der Waals surface area contributed by atoms with Crippen LogP contribution in [0.2, 0.25) is 0 Å². The minimum atomic E-state index is -0.422. The normalized spacial score (nSPS) is 10.2. The van der Waals surface area contributed by atoms with E-state index in [1.807, 2.05) is 6.92 Å². The number of aromatic nitrogens is 1. The lowest BCUT2D eigenvalue weighted by Crippen LogP contribution is -2.23. The van der Waals surface area contributed by atoms with Crippen LogP contribution in [0, 0.1) is 5.21 Å². The predicted octanol–water partition coefficient (Wildman–Crippen LogP) is 2.23. The van der Waals surface area contributed by atoms with Gasteiger partial charge in [-0.05, 0) is 13.0 Å². The topological polar surface area (TPSA) is 62.5 Å². The zero-order chi connectivity index (χ0) is 13.8. The van der Waals surface area contributed by atoms with Gasteiger partial charge in [-0.15, -0.1) is 11.3 Å². The third-order valence-electron chi connectivity index (χ3n) is 2.46. The van der Waals surface area contributed by atoms with E-state index in [0.29, 0.717) is 22.0 Å². The highest BCUT2D eigenvalue weighted by Gasteiger charge is 2.19. The Kier molecular flexibility index (Phi) is 4.01. The van der Waals surface area contributed by atoms with Crippen molar-refractivity contribution in [3.05, 3.63) is 40.7 Å². The summed E-state index contributed by atoms with van der Waals surface area (Å²) in [7, 11) is 1.33. The summed E-state index contributed by atoms with van der Waals surface area (Å²) in [6, 6.07) is 5.16. The van der Waals surface area contributed by atoms with Crippen LogP contribution in [0.5, 0.6) is 5.75 Å². The smallest absolute Gasteiger partial charge is 0.351 e. The Morgan fingerprint density at radius 2 is 2.11 bits per heavy atom. The molecule has 0 bridgehead atoms. The molecule has 19 heavy (non-hydrogen) atoms. The highest BCUT2D eigenvalue weighted by Crippen LogP contribution is 2.36. The molecule has 5 nitrogen and oxygen atoms in total. The van der Waals surface area contributed by atoms with Crippen LogP contribution in [0.4, 0.5) is 0 Å². The van der Waals surface area contributed by atoms with Crippen LogP contribution < -0.4 is 9.47 Å². The Morgan fingerprint density at radius 3 is 2.68 bits per heavy atom. The molecule has 0 atom stereocenters. The summed E-state index contributed by atoms with van der Waals surface area (Å²) in [6.07, 6.45) is 2.82. The highest BCUT2D eigenvalue weighted by molar-refractivity contribution is 7.17. The van der Waals surface area contributed by atoms with Crippen molar-refractivity contribution >= 4 is 17.3 Å². The molecule has 0 aromatic carbocycles. The molecule has 0 saturated carbocycles. The molecule has 0 amide bonds. The molecule has 0 saturated heterocycles. The van der Waals surface area contributed by atoms with Gasteiger partial charge in [-0.1, -0.05) is 0 Å². The molecule has 0 radical (unpaired) electrons. The number of carbonyl (C=O) groups excluding carboxylic acids is 1. The highest BCUT2D eigenvalue weighted by atomic mass is 32.1. The summed E-state index contributed by atoms with van der Waals surface area (Å²) in [5, 5.41) is 11.0. The van der Waals surface area contributed by atoms with E-state index in [0.717, 1.165) is 10.4 Å². The Bertz CT molecular complexity index is 577. The zero-order valence-electron chi connectivity index (χ0n) is 10.6. The number of esters is 1. The molecular weight excluding hydrogens is 266 g/mol. The van der Waals surface area contributed by atoms with Gasteiger partial charge >= 0.3 is 5.97 Å². The van der Waals surface area contributed by atoms with Crippen molar-refractivity contribution in [2.75, 3.05) is 13.7 Å². The first-order valence-electron chi connectivity index (χ1n) is 5.69. The molecule has 0 fully saturated rings. The summed E-state index contributed by atoms with van der Waals surface area (Å²) < 4.78 is 10.9. The summed E-state index contributed by atoms with van der Waals surface area (Å²) in [5.41, 5.74) is 0.855. The number of hydrogen-bond acceptors (Lipinski definition) is 5. The van der Waals surface area contributed by atoms with Gasteiger partial charge in [0, 0.05) is 22.6 Å². The minimum absolute atomic E-state index is 0.422. The van der Waals surface area contributed by atoms with Crippen molar-refractivity contribution < 1.29 is 19.0 Å². The monoisotopic (exact) mass is 279 g/mol. The van der Waals surface area contributed by atoms with Crippen LogP contribution in [0.3, 0.4) is 0 Å². The number of nitrogens with zero attached hydrogens (tertiary/aromatic N) is 1. The Labute approximate surface area is 114 Å². The van der Waals surface area contributed by atoms with E-state index in [2.05, 4.69) is 0 Å². The number of thiophene rings is 1. The lowest BCUT2D eigenvalue weighted by molar-refractivity contribution is -0.605. The molecular formula is C13H13NO4S.